The number of aliphatic hydroxyl groups is 1. The van der Waals surface area contributed by atoms with E-state index in [1.54, 1.807) is 26.0 Å². The predicted molar refractivity (Wildman–Crippen MR) is 102 cm³/mol. The lowest BCUT2D eigenvalue weighted by molar-refractivity contribution is -0.113. The van der Waals surface area contributed by atoms with Gasteiger partial charge in [-0.15, -0.1) is 10.2 Å². The number of allylic oxidation sites excluding steroid dienone is 1. The summed E-state index contributed by atoms with van der Waals surface area (Å²) in [5.74, 6) is -1.47. The molecule has 0 unspecified atom stereocenters. The van der Waals surface area contributed by atoms with Crippen LogP contribution in [0.15, 0.2) is 46.0 Å². The van der Waals surface area contributed by atoms with Crippen LogP contribution in [0.4, 0.5) is 10.8 Å². The van der Waals surface area contributed by atoms with E-state index in [1.165, 1.54) is 6.92 Å². The Bertz CT molecular complexity index is 914. The van der Waals surface area contributed by atoms with E-state index in [4.69, 9.17) is 4.74 Å². The Hall–Kier alpha value is -3.07. The van der Waals surface area contributed by atoms with Gasteiger partial charge in [-0.05, 0) is 39.3 Å². The van der Waals surface area contributed by atoms with E-state index in [1.807, 2.05) is 19.1 Å². The molecule has 27 heavy (non-hydrogen) atoms. The van der Waals surface area contributed by atoms with Crippen LogP contribution in [0.2, 0.25) is 0 Å². The van der Waals surface area contributed by atoms with Gasteiger partial charge in [0.2, 0.25) is 0 Å². The zero-order valence-corrected chi connectivity index (χ0v) is 16.3. The van der Waals surface area contributed by atoms with Crippen molar-refractivity contribution in [1.82, 2.24) is 4.98 Å². The number of ether oxygens (including phenoxy) is 1. The maximum absolute atomic E-state index is 12.4. The quantitative estimate of drug-likeness (QED) is 0.328. The Labute approximate surface area is 160 Å². The number of nitrogens with zero attached hydrogens (tertiary/aromatic N) is 3. The number of rotatable bonds is 6. The smallest absolute Gasteiger partial charge is 0.350 e. The molecule has 0 atom stereocenters. The average molecular weight is 388 g/mol. The number of thiazole rings is 1. The summed E-state index contributed by atoms with van der Waals surface area (Å²) >= 11 is 0.988. The molecule has 0 aliphatic rings. The molecule has 0 radical (unpaired) electrons. The van der Waals surface area contributed by atoms with Gasteiger partial charge in [0, 0.05) is 0 Å². The lowest BCUT2D eigenvalue weighted by Gasteiger charge is -2.03. The second kappa shape index (κ2) is 9.04. The highest BCUT2D eigenvalue weighted by atomic mass is 32.1. The van der Waals surface area contributed by atoms with Gasteiger partial charge in [-0.1, -0.05) is 29.5 Å². The normalized spacial score (nSPS) is 12.0. The molecule has 2 aromatic rings. The fourth-order valence-electron chi connectivity index (χ4n) is 2.05. The van der Waals surface area contributed by atoms with Crippen molar-refractivity contribution in [2.45, 2.75) is 27.7 Å². The van der Waals surface area contributed by atoms with Crippen molar-refractivity contribution in [3.8, 4) is 0 Å². The summed E-state index contributed by atoms with van der Waals surface area (Å²) in [6.45, 7) is 6.79. The highest BCUT2D eigenvalue weighted by molar-refractivity contribution is 7.17. The number of nitrogens with one attached hydrogen (secondary N) is 1. The first kappa shape index (κ1) is 20.2. The zero-order chi connectivity index (χ0) is 20.0. The molecule has 1 aromatic carbocycles. The summed E-state index contributed by atoms with van der Waals surface area (Å²) < 4.78 is 4.95. The first-order valence-corrected chi connectivity index (χ1v) is 8.98. The Kier molecular flexibility index (Phi) is 6.78. The zero-order valence-electron chi connectivity index (χ0n) is 15.4. The molecule has 0 saturated carbocycles. The number of aliphatic hydroxyl groups excluding tert-OH is 1. The first-order valence-electron chi connectivity index (χ1n) is 8.16. The fraction of sp³-hybridized carbons (Fsp3) is 0.278. The van der Waals surface area contributed by atoms with Gasteiger partial charge in [-0.25, -0.2) is 9.78 Å². The number of carbonyl (C=O) groups is 2. The number of carbonyl (C=O) groups excluding carboxylic acids is 2. The van der Waals surface area contributed by atoms with Crippen LogP contribution < -0.4 is 5.32 Å². The van der Waals surface area contributed by atoms with Crippen molar-refractivity contribution >= 4 is 34.0 Å². The molecule has 142 valence electrons. The molecule has 0 aliphatic carbocycles. The van der Waals surface area contributed by atoms with Gasteiger partial charge in [0.1, 0.15) is 10.6 Å². The van der Waals surface area contributed by atoms with Crippen LogP contribution in [0.5, 0.6) is 0 Å². The van der Waals surface area contributed by atoms with Crippen molar-refractivity contribution < 1.29 is 19.4 Å². The van der Waals surface area contributed by atoms with Crippen LogP contribution in [0.1, 0.15) is 34.8 Å². The number of aryl methyl sites for hydroxylation is 2. The highest BCUT2D eigenvalue weighted by Gasteiger charge is 2.20. The van der Waals surface area contributed by atoms with Gasteiger partial charge >= 0.3 is 5.97 Å². The molecule has 0 saturated heterocycles. The van der Waals surface area contributed by atoms with Crippen molar-refractivity contribution in [2.75, 3.05) is 11.9 Å². The molecule has 8 nitrogen and oxygen atoms in total. The molecule has 1 aromatic heterocycles. The van der Waals surface area contributed by atoms with Crippen molar-refractivity contribution in [1.29, 1.82) is 0 Å². The minimum absolute atomic E-state index is 0.199. The summed E-state index contributed by atoms with van der Waals surface area (Å²) in [7, 11) is 0. The largest absolute Gasteiger partial charge is 0.510 e. The van der Waals surface area contributed by atoms with Crippen LogP contribution in [-0.4, -0.2) is 28.6 Å². The van der Waals surface area contributed by atoms with E-state index in [-0.39, 0.29) is 23.2 Å². The summed E-state index contributed by atoms with van der Waals surface area (Å²) in [5, 5.41) is 20.4. The van der Waals surface area contributed by atoms with Crippen LogP contribution in [0.3, 0.4) is 0 Å². The van der Waals surface area contributed by atoms with E-state index in [2.05, 4.69) is 20.5 Å². The molecular formula is C18H20N4O4S. The lowest BCUT2D eigenvalue weighted by Crippen LogP contribution is -2.14. The monoisotopic (exact) mass is 388 g/mol. The number of amides is 1. The van der Waals surface area contributed by atoms with E-state index < -0.39 is 11.9 Å². The molecule has 0 spiro atoms. The summed E-state index contributed by atoms with van der Waals surface area (Å²) in [4.78, 5) is 28.7. The van der Waals surface area contributed by atoms with Crippen LogP contribution in [0, 0.1) is 13.8 Å². The van der Waals surface area contributed by atoms with Gasteiger partial charge in [0.05, 0.1) is 18.0 Å². The standard InChI is InChI=1S/C18H20N4O4S/c1-5-26-17(25)15-11(3)19-18(27-15)20-16(24)14(12(4)23)22-21-13-9-7-6-8-10(13)2/h6-9,23H,5H2,1-4H3,(H,19,20,24). The van der Waals surface area contributed by atoms with Crippen LogP contribution in [0.25, 0.3) is 0 Å². The second-order valence-electron chi connectivity index (χ2n) is 5.53. The minimum Gasteiger partial charge on any atom is -0.510 e. The van der Waals surface area contributed by atoms with E-state index in [0.29, 0.717) is 16.3 Å². The Balaban J connectivity index is 2.19. The summed E-state index contributed by atoms with van der Waals surface area (Å²) in [6, 6.07) is 7.27. The van der Waals surface area contributed by atoms with Crippen LogP contribution >= 0.6 is 11.3 Å². The maximum atomic E-state index is 12.4. The Morgan fingerprint density at radius 3 is 2.63 bits per heavy atom. The fourth-order valence-corrected chi connectivity index (χ4v) is 2.91. The average Bonchev–Trinajstić information content (AvgIpc) is 2.97. The number of hydrogen-bond donors (Lipinski definition) is 2. The van der Waals surface area contributed by atoms with Crippen molar-refractivity contribution in [3.05, 3.63) is 51.9 Å². The third kappa shape index (κ3) is 5.20. The van der Waals surface area contributed by atoms with Gasteiger partial charge in [-0.3, -0.25) is 10.1 Å². The molecule has 0 bridgehead atoms. The number of benzene rings is 1. The number of esters is 1. The molecule has 1 amide bonds. The highest BCUT2D eigenvalue weighted by Crippen LogP contribution is 2.25. The Morgan fingerprint density at radius 1 is 1.30 bits per heavy atom. The first-order chi connectivity index (χ1) is 12.8. The third-order valence-corrected chi connectivity index (χ3v) is 4.46. The molecular weight excluding hydrogens is 368 g/mol. The molecule has 1 heterocycles. The van der Waals surface area contributed by atoms with E-state index in [0.717, 1.165) is 16.9 Å². The minimum atomic E-state index is -0.684. The number of anilines is 1. The Morgan fingerprint density at radius 2 is 2.00 bits per heavy atom. The third-order valence-electron chi connectivity index (χ3n) is 3.41. The summed E-state index contributed by atoms with van der Waals surface area (Å²) in [5.41, 5.74) is 1.66. The maximum Gasteiger partial charge on any atom is 0.350 e. The van der Waals surface area contributed by atoms with Gasteiger partial charge in [0.25, 0.3) is 5.91 Å². The summed E-state index contributed by atoms with van der Waals surface area (Å²) in [6.07, 6.45) is 0. The topological polar surface area (TPSA) is 113 Å². The molecule has 0 fully saturated rings. The molecule has 0 aliphatic heterocycles. The van der Waals surface area contributed by atoms with Crippen molar-refractivity contribution in [3.63, 3.8) is 0 Å². The van der Waals surface area contributed by atoms with Crippen LogP contribution in [-0.2, 0) is 9.53 Å². The number of hydrogen-bond acceptors (Lipinski definition) is 8. The van der Waals surface area contributed by atoms with Gasteiger partial charge in [0.15, 0.2) is 10.8 Å². The van der Waals surface area contributed by atoms with Crippen molar-refractivity contribution in [2.24, 2.45) is 10.2 Å². The van der Waals surface area contributed by atoms with Gasteiger partial charge in [-0.2, -0.15) is 0 Å². The SMILES string of the molecule is CCOC(=O)c1sc(NC(=O)C(N=Nc2ccccc2C)=C(C)O)nc1C. The second-order valence-corrected chi connectivity index (χ2v) is 6.53. The van der Waals surface area contributed by atoms with E-state index >= 15 is 0 Å². The van der Waals surface area contributed by atoms with Gasteiger partial charge < -0.3 is 9.84 Å². The number of azo groups is 1. The van der Waals surface area contributed by atoms with E-state index in [9.17, 15) is 14.7 Å². The molecule has 9 heteroatoms. The lowest BCUT2D eigenvalue weighted by atomic mass is 10.2. The number of aromatic nitrogens is 1. The molecule has 2 rings (SSSR count). The predicted octanol–water partition coefficient (Wildman–Crippen LogP) is 4.45. The molecule has 2 N–H and O–H groups in total.